The first-order chi connectivity index (χ1) is 13.1. The summed E-state index contributed by atoms with van der Waals surface area (Å²) in [6.07, 6.45) is 3.42. The van der Waals surface area contributed by atoms with Gasteiger partial charge in [-0.3, -0.25) is 0 Å². The number of benzene rings is 2. The van der Waals surface area contributed by atoms with Crippen molar-refractivity contribution in [3.8, 4) is 5.69 Å². The molecule has 0 bridgehead atoms. The number of rotatable bonds is 5. The lowest BCUT2D eigenvalue weighted by Crippen LogP contribution is -2.31. The standard InChI is InChI=1S/C21H20ClN5/c1-15(2)26(13-16-7-4-3-5-8-16)20-19-12-25-27(21(19)24-14-23-20)18-10-6-9-17(22)11-18/h3-12,14-15H,13H2,1-2H3. The Morgan fingerprint density at radius 2 is 1.85 bits per heavy atom. The number of anilines is 1. The van der Waals surface area contributed by atoms with Gasteiger partial charge in [0.1, 0.15) is 12.1 Å². The lowest BCUT2D eigenvalue weighted by Gasteiger charge is -2.28. The molecule has 2 heterocycles. The average Bonchev–Trinajstić information content (AvgIpc) is 3.11. The SMILES string of the molecule is CC(C)N(Cc1ccccc1)c1ncnc2c1cnn2-c1cccc(Cl)c1. The Hall–Kier alpha value is -2.92. The quantitative estimate of drug-likeness (QED) is 0.497. The third-order valence-electron chi connectivity index (χ3n) is 4.49. The molecule has 0 saturated carbocycles. The second kappa shape index (κ2) is 7.37. The summed E-state index contributed by atoms with van der Waals surface area (Å²) in [6.45, 7) is 5.10. The van der Waals surface area contributed by atoms with Crippen LogP contribution in [-0.4, -0.2) is 25.8 Å². The van der Waals surface area contributed by atoms with Gasteiger partial charge in [0.2, 0.25) is 0 Å². The van der Waals surface area contributed by atoms with Crippen LogP contribution in [0.25, 0.3) is 16.7 Å². The van der Waals surface area contributed by atoms with Gasteiger partial charge in [-0.15, -0.1) is 0 Å². The molecule has 4 rings (SSSR count). The maximum Gasteiger partial charge on any atom is 0.168 e. The number of nitrogens with zero attached hydrogens (tertiary/aromatic N) is 5. The van der Waals surface area contributed by atoms with Crippen LogP contribution in [0.4, 0.5) is 5.82 Å². The van der Waals surface area contributed by atoms with Crippen molar-refractivity contribution in [2.75, 3.05) is 4.90 Å². The predicted octanol–water partition coefficient (Wildman–Crippen LogP) is 4.88. The van der Waals surface area contributed by atoms with Crippen molar-refractivity contribution < 1.29 is 0 Å². The maximum atomic E-state index is 6.14. The second-order valence-electron chi connectivity index (χ2n) is 6.68. The molecule has 27 heavy (non-hydrogen) atoms. The molecular formula is C21H20ClN5. The molecule has 0 unspecified atom stereocenters. The molecule has 6 heteroatoms. The van der Waals surface area contributed by atoms with Gasteiger partial charge in [0.15, 0.2) is 5.65 Å². The van der Waals surface area contributed by atoms with E-state index in [1.807, 2.05) is 36.5 Å². The van der Waals surface area contributed by atoms with Crippen LogP contribution in [0.15, 0.2) is 67.1 Å². The van der Waals surface area contributed by atoms with Crippen LogP contribution < -0.4 is 4.90 Å². The van der Waals surface area contributed by atoms with Gasteiger partial charge in [0.25, 0.3) is 0 Å². The van der Waals surface area contributed by atoms with Gasteiger partial charge in [-0.1, -0.05) is 48.0 Å². The number of fused-ring (bicyclic) bond motifs is 1. The Kier molecular flexibility index (Phi) is 4.77. The van der Waals surface area contributed by atoms with Crippen LogP contribution in [0.2, 0.25) is 5.02 Å². The Labute approximate surface area is 163 Å². The highest BCUT2D eigenvalue weighted by atomic mass is 35.5. The summed E-state index contributed by atoms with van der Waals surface area (Å²) in [7, 11) is 0. The predicted molar refractivity (Wildman–Crippen MR) is 109 cm³/mol. The Morgan fingerprint density at radius 3 is 2.59 bits per heavy atom. The van der Waals surface area contributed by atoms with E-state index in [1.54, 1.807) is 11.0 Å². The van der Waals surface area contributed by atoms with Crippen LogP contribution >= 0.6 is 11.6 Å². The molecule has 136 valence electrons. The molecule has 0 saturated heterocycles. The minimum absolute atomic E-state index is 0.276. The fourth-order valence-corrected chi connectivity index (χ4v) is 3.32. The highest BCUT2D eigenvalue weighted by Gasteiger charge is 2.19. The van der Waals surface area contributed by atoms with Crippen molar-refractivity contribution in [3.05, 3.63) is 77.7 Å². The van der Waals surface area contributed by atoms with E-state index in [2.05, 4.69) is 58.1 Å². The van der Waals surface area contributed by atoms with Gasteiger partial charge in [0.05, 0.1) is 17.3 Å². The minimum Gasteiger partial charge on any atom is -0.349 e. The molecule has 2 aromatic heterocycles. The van der Waals surface area contributed by atoms with Crippen LogP contribution in [-0.2, 0) is 6.54 Å². The summed E-state index contributed by atoms with van der Waals surface area (Å²) in [5.41, 5.74) is 2.88. The third-order valence-corrected chi connectivity index (χ3v) is 4.72. The van der Waals surface area contributed by atoms with E-state index < -0.39 is 0 Å². The topological polar surface area (TPSA) is 46.8 Å². The molecule has 2 aromatic carbocycles. The Bertz CT molecular complexity index is 1060. The normalized spacial score (nSPS) is 11.3. The summed E-state index contributed by atoms with van der Waals surface area (Å²) in [4.78, 5) is 11.3. The molecule has 0 aliphatic carbocycles. The molecule has 0 N–H and O–H groups in total. The zero-order chi connectivity index (χ0) is 18.8. The summed E-state index contributed by atoms with van der Waals surface area (Å²) >= 11 is 6.14. The van der Waals surface area contributed by atoms with Crippen molar-refractivity contribution in [2.45, 2.75) is 26.4 Å². The van der Waals surface area contributed by atoms with Crippen molar-refractivity contribution >= 4 is 28.5 Å². The zero-order valence-electron chi connectivity index (χ0n) is 15.2. The van der Waals surface area contributed by atoms with E-state index >= 15 is 0 Å². The average molecular weight is 378 g/mol. The Morgan fingerprint density at radius 1 is 1.04 bits per heavy atom. The minimum atomic E-state index is 0.276. The first-order valence-corrected chi connectivity index (χ1v) is 9.26. The van der Waals surface area contributed by atoms with Crippen LogP contribution in [0.5, 0.6) is 0 Å². The molecular weight excluding hydrogens is 358 g/mol. The first-order valence-electron chi connectivity index (χ1n) is 8.89. The molecule has 0 spiro atoms. The number of aromatic nitrogens is 4. The molecule has 0 atom stereocenters. The number of halogens is 1. The monoisotopic (exact) mass is 377 g/mol. The maximum absolute atomic E-state index is 6.14. The van der Waals surface area contributed by atoms with Crippen molar-refractivity contribution in [3.63, 3.8) is 0 Å². The highest BCUT2D eigenvalue weighted by molar-refractivity contribution is 6.30. The highest BCUT2D eigenvalue weighted by Crippen LogP contribution is 2.27. The smallest absolute Gasteiger partial charge is 0.168 e. The lowest BCUT2D eigenvalue weighted by molar-refractivity contribution is 0.674. The van der Waals surface area contributed by atoms with E-state index in [9.17, 15) is 0 Å². The fraction of sp³-hybridized carbons (Fsp3) is 0.190. The van der Waals surface area contributed by atoms with Crippen molar-refractivity contribution in [2.24, 2.45) is 0 Å². The Balaban J connectivity index is 1.79. The van der Waals surface area contributed by atoms with Crippen LogP contribution in [0.3, 0.4) is 0 Å². The molecule has 0 aliphatic heterocycles. The summed E-state index contributed by atoms with van der Waals surface area (Å²) in [5.74, 6) is 0.882. The number of hydrogen-bond acceptors (Lipinski definition) is 4. The molecule has 0 fully saturated rings. The molecule has 0 radical (unpaired) electrons. The molecule has 0 amide bonds. The third kappa shape index (κ3) is 3.51. The largest absolute Gasteiger partial charge is 0.349 e. The number of hydrogen-bond donors (Lipinski definition) is 0. The van der Waals surface area contributed by atoms with E-state index in [1.165, 1.54) is 5.56 Å². The van der Waals surface area contributed by atoms with Gasteiger partial charge in [-0.25, -0.2) is 14.6 Å². The fourth-order valence-electron chi connectivity index (χ4n) is 3.14. The van der Waals surface area contributed by atoms with Crippen molar-refractivity contribution in [1.82, 2.24) is 19.7 Å². The van der Waals surface area contributed by atoms with Gasteiger partial charge in [-0.05, 0) is 37.6 Å². The lowest BCUT2D eigenvalue weighted by atomic mass is 10.2. The van der Waals surface area contributed by atoms with E-state index in [0.29, 0.717) is 5.02 Å². The molecule has 4 aromatic rings. The van der Waals surface area contributed by atoms with Gasteiger partial charge >= 0.3 is 0 Å². The van der Waals surface area contributed by atoms with Crippen LogP contribution in [0, 0.1) is 0 Å². The molecule has 0 aliphatic rings. The van der Waals surface area contributed by atoms with E-state index in [0.717, 1.165) is 29.1 Å². The second-order valence-corrected chi connectivity index (χ2v) is 7.11. The zero-order valence-corrected chi connectivity index (χ0v) is 16.0. The van der Waals surface area contributed by atoms with Crippen LogP contribution in [0.1, 0.15) is 19.4 Å². The first kappa shape index (κ1) is 17.5. The summed E-state index contributed by atoms with van der Waals surface area (Å²) in [5, 5.41) is 6.13. The molecule has 5 nitrogen and oxygen atoms in total. The summed E-state index contributed by atoms with van der Waals surface area (Å²) < 4.78 is 1.80. The van der Waals surface area contributed by atoms with Crippen molar-refractivity contribution in [1.29, 1.82) is 0 Å². The van der Waals surface area contributed by atoms with Gasteiger partial charge < -0.3 is 4.90 Å². The van der Waals surface area contributed by atoms with E-state index in [-0.39, 0.29) is 6.04 Å². The van der Waals surface area contributed by atoms with Gasteiger partial charge in [0, 0.05) is 17.6 Å². The van der Waals surface area contributed by atoms with E-state index in [4.69, 9.17) is 11.6 Å². The summed E-state index contributed by atoms with van der Waals surface area (Å²) in [6, 6.07) is 18.3. The van der Waals surface area contributed by atoms with Gasteiger partial charge in [-0.2, -0.15) is 5.10 Å².